The molecule has 0 saturated carbocycles. The second-order valence-corrected chi connectivity index (χ2v) is 7.24. The van der Waals surface area contributed by atoms with E-state index in [0.717, 1.165) is 11.5 Å². The minimum absolute atomic E-state index is 0.964. The SMILES string of the molecule is c1ccc([Si]2c3ccccc3Oc3ccccc32)cc1. The summed E-state index contributed by atoms with van der Waals surface area (Å²) in [7, 11) is -0.964. The number of para-hydroxylation sites is 2. The Labute approximate surface area is 120 Å². The smallest absolute Gasteiger partial charge is 0.164 e. The molecule has 3 aromatic carbocycles. The largest absolute Gasteiger partial charge is 0.458 e. The van der Waals surface area contributed by atoms with Gasteiger partial charge in [0, 0.05) is 0 Å². The van der Waals surface area contributed by atoms with Crippen LogP contribution in [-0.2, 0) is 0 Å². The summed E-state index contributed by atoms with van der Waals surface area (Å²) in [6.45, 7) is 0. The van der Waals surface area contributed by atoms with Gasteiger partial charge in [-0.15, -0.1) is 0 Å². The van der Waals surface area contributed by atoms with Crippen molar-refractivity contribution in [2.24, 2.45) is 0 Å². The molecule has 1 aliphatic heterocycles. The van der Waals surface area contributed by atoms with Crippen molar-refractivity contribution >= 4 is 24.4 Å². The molecule has 0 unspecified atom stereocenters. The van der Waals surface area contributed by atoms with Crippen LogP contribution in [0.1, 0.15) is 0 Å². The van der Waals surface area contributed by atoms with Crippen molar-refractivity contribution in [1.29, 1.82) is 0 Å². The van der Waals surface area contributed by atoms with Gasteiger partial charge in [0.05, 0.1) is 0 Å². The second-order valence-electron chi connectivity index (χ2n) is 4.84. The van der Waals surface area contributed by atoms with Crippen molar-refractivity contribution in [2.45, 2.75) is 0 Å². The Kier molecular flexibility index (Phi) is 2.68. The zero-order valence-corrected chi connectivity index (χ0v) is 11.9. The van der Waals surface area contributed by atoms with Crippen LogP contribution in [0.2, 0.25) is 0 Å². The first-order valence-corrected chi connectivity index (χ1v) is 8.22. The van der Waals surface area contributed by atoms with Crippen molar-refractivity contribution in [3.8, 4) is 11.5 Å². The normalized spacial score (nSPS) is 13.2. The highest BCUT2D eigenvalue weighted by atomic mass is 28.3. The lowest BCUT2D eigenvalue weighted by Crippen LogP contribution is -2.54. The van der Waals surface area contributed by atoms with Crippen LogP contribution in [0.25, 0.3) is 0 Å². The molecular weight excluding hydrogens is 260 g/mol. The topological polar surface area (TPSA) is 9.23 Å². The van der Waals surface area contributed by atoms with Crippen LogP contribution in [0, 0.1) is 0 Å². The van der Waals surface area contributed by atoms with E-state index in [1.165, 1.54) is 15.6 Å². The summed E-state index contributed by atoms with van der Waals surface area (Å²) in [5, 5.41) is 4.07. The predicted octanol–water partition coefficient (Wildman–Crippen LogP) is 2.31. The summed E-state index contributed by atoms with van der Waals surface area (Å²) in [5.41, 5.74) is 0. The summed E-state index contributed by atoms with van der Waals surface area (Å²) in [4.78, 5) is 0. The maximum Gasteiger partial charge on any atom is 0.164 e. The van der Waals surface area contributed by atoms with Gasteiger partial charge in [-0.25, -0.2) is 0 Å². The third-order valence-corrected chi connectivity index (χ3v) is 6.41. The lowest BCUT2D eigenvalue weighted by Gasteiger charge is -2.27. The van der Waals surface area contributed by atoms with E-state index in [1.54, 1.807) is 0 Å². The van der Waals surface area contributed by atoms with E-state index >= 15 is 0 Å². The van der Waals surface area contributed by atoms with Gasteiger partial charge < -0.3 is 4.74 Å². The molecule has 0 aliphatic carbocycles. The number of rotatable bonds is 1. The van der Waals surface area contributed by atoms with Crippen LogP contribution < -0.4 is 20.3 Å². The predicted molar refractivity (Wildman–Crippen MR) is 84.1 cm³/mol. The monoisotopic (exact) mass is 273 g/mol. The van der Waals surface area contributed by atoms with Gasteiger partial charge in [0.15, 0.2) is 8.80 Å². The number of hydrogen-bond donors (Lipinski definition) is 0. The summed E-state index contributed by atoms with van der Waals surface area (Å²) >= 11 is 0. The first-order valence-electron chi connectivity index (χ1n) is 6.72. The van der Waals surface area contributed by atoms with E-state index in [9.17, 15) is 0 Å². The van der Waals surface area contributed by atoms with Crippen LogP contribution in [0.5, 0.6) is 11.5 Å². The molecule has 0 spiro atoms. The Morgan fingerprint density at radius 1 is 0.550 bits per heavy atom. The van der Waals surface area contributed by atoms with E-state index in [-0.39, 0.29) is 0 Å². The molecule has 20 heavy (non-hydrogen) atoms. The van der Waals surface area contributed by atoms with Crippen LogP contribution in [0.3, 0.4) is 0 Å². The highest BCUT2D eigenvalue weighted by Gasteiger charge is 2.29. The summed E-state index contributed by atoms with van der Waals surface area (Å²) in [6, 6.07) is 27.6. The zero-order valence-electron chi connectivity index (χ0n) is 10.9. The molecule has 0 aromatic heterocycles. The fourth-order valence-electron chi connectivity index (χ4n) is 2.70. The van der Waals surface area contributed by atoms with Gasteiger partial charge in [-0.1, -0.05) is 71.9 Å². The quantitative estimate of drug-likeness (QED) is 0.484. The molecule has 0 amide bonds. The maximum atomic E-state index is 6.05. The van der Waals surface area contributed by atoms with Crippen LogP contribution in [0.15, 0.2) is 78.9 Å². The molecule has 1 radical (unpaired) electrons. The van der Waals surface area contributed by atoms with E-state index in [0.29, 0.717) is 0 Å². The summed E-state index contributed by atoms with van der Waals surface area (Å²) in [6.07, 6.45) is 0. The van der Waals surface area contributed by atoms with Gasteiger partial charge in [-0.3, -0.25) is 0 Å². The molecule has 3 aromatic rings. The molecule has 0 N–H and O–H groups in total. The van der Waals surface area contributed by atoms with E-state index < -0.39 is 8.80 Å². The second kappa shape index (κ2) is 4.65. The molecule has 1 heterocycles. The summed E-state index contributed by atoms with van der Waals surface area (Å²) in [5.74, 6) is 2.01. The van der Waals surface area contributed by atoms with Gasteiger partial charge in [-0.2, -0.15) is 0 Å². The van der Waals surface area contributed by atoms with Gasteiger partial charge in [0.25, 0.3) is 0 Å². The molecular formula is C18H13OSi. The molecule has 4 rings (SSSR count). The van der Waals surface area contributed by atoms with Gasteiger partial charge in [0.2, 0.25) is 0 Å². The standard InChI is InChI=1S/C18H13OSi/c1-2-8-14(9-3-1)20-17-12-6-4-10-15(17)19-16-11-5-7-13-18(16)20/h1-13H. The minimum atomic E-state index is -0.964. The first kappa shape index (κ1) is 11.5. The van der Waals surface area contributed by atoms with Gasteiger partial charge >= 0.3 is 0 Å². The number of ether oxygens (including phenoxy) is 1. The Hall–Kier alpha value is -2.32. The molecule has 1 aliphatic rings. The van der Waals surface area contributed by atoms with E-state index in [4.69, 9.17) is 4.74 Å². The fourth-order valence-corrected chi connectivity index (χ4v) is 5.43. The van der Waals surface area contributed by atoms with Crippen molar-refractivity contribution in [3.05, 3.63) is 78.9 Å². The number of hydrogen-bond acceptors (Lipinski definition) is 1. The Morgan fingerprint density at radius 2 is 1.05 bits per heavy atom. The van der Waals surface area contributed by atoms with E-state index in [1.807, 2.05) is 12.1 Å². The molecule has 2 heteroatoms. The highest BCUT2D eigenvalue weighted by molar-refractivity contribution is 6.96. The molecule has 0 fully saturated rings. The molecule has 95 valence electrons. The Morgan fingerprint density at radius 3 is 1.65 bits per heavy atom. The Balaban J connectivity index is 1.98. The van der Waals surface area contributed by atoms with Gasteiger partial charge in [-0.05, 0) is 22.5 Å². The first-order chi connectivity index (χ1) is 9.93. The van der Waals surface area contributed by atoms with Gasteiger partial charge in [0.1, 0.15) is 11.5 Å². The van der Waals surface area contributed by atoms with Crippen molar-refractivity contribution in [1.82, 2.24) is 0 Å². The zero-order chi connectivity index (χ0) is 13.4. The van der Waals surface area contributed by atoms with E-state index in [2.05, 4.69) is 66.7 Å². The fraction of sp³-hybridized carbons (Fsp3) is 0. The lowest BCUT2D eigenvalue weighted by molar-refractivity contribution is 0.487. The average molecular weight is 273 g/mol. The maximum absolute atomic E-state index is 6.05. The minimum Gasteiger partial charge on any atom is -0.458 e. The average Bonchev–Trinajstić information content (AvgIpc) is 2.53. The van der Waals surface area contributed by atoms with Crippen molar-refractivity contribution < 1.29 is 4.74 Å². The third kappa shape index (κ3) is 1.77. The summed E-state index contributed by atoms with van der Waals surface area (Å²) < 4.78 is 6.05. The third-order valence-electron chi connectivity index (χ3n) is 3.60. The van der Waals surface area contributed by atoms with Crippen LogP contribution >= 0.6 is 0 Å². The van der Waals surface area contributed by atoms with Crippen molar-refractivity contribution in [2.75, 3.05) is 0 Å². The Bertz CT molecular complexity index is 707. The number of fused-ring (bicyclic) bond motifs is 2. The lowest BCUT2D eigenvalue weighted by atomic mass is 10.3. The molecule has 0 bridgehead atoms. The highest BCUT2D eigenvalue weighted by Crippen LogP contribution is 2.23. The molecule has 1 nitrogen and oxygen atoms in total. The van der Waals surface area contributed by atoms with Crippen LogP contribution in [0.4, 0.5) is 0 Å². The molecule has 0 saturated heterocycles. The number of benzene rings is 3. The molecule has 0 atom stereocenters. The van der Waals surface area contributed by atoms with Crippen molar-refractivity contribution in [3.63, 3.8) is 0 Å². The van der Waals surface area contributed by atoms with Crippen LogP contribution in [-0.4, -0.2) is 8.80 Å².